The Hall–Kier alpha value is -3.46. The van der Waals surface area contributed by atoms with Crippen LogP contribution in [0.2, 0.25) is 0 Å². The van der Waals surface area contributed by atoms with Gasteiger partial charge in [-0.05, 0) is 79.9 Å². The quantitative estimate of drug-likeness (QED) is 0.258. The lowest BCUT2D eigenvalue weighted by molar-refractivity contribution is 0.304. The first-order chi connectivity index (χ1) is 14.9. The van der Waals surface area contributed by atoms with E-state index < -0.39 is 0 Å². The maximum atomic E-state index is 5.95. The number of hydrogen-bond donors (Lipinski definition) is 0. The Morgan fingerprint density at radius 1 is 0.600 bits per heavy atom. The van der Waals surface area contributed by atoms with Crippen LogP contribution in [0, 0.1) is 0 Å². The molecule has 0 spiro atoms. The number of aryl methyl sites for hydroxylation is 1. The predicted molar refractivity (Wildman–Crippen MR) is 123 cm³/mol. The van der Waals surface area contributed by atoms with Crippen LogP contribution < -0.4 is 9.64 Å². The van der Waals surface area contributed by atoms with E-state index in [1.807, 2.05) is 24.3 Å². The summed E-state index contributed by atoms with van der Waals surface area (Å²) < 4.78 is 11.3. The Bertz CT molecular complexity index is 941. The zero-order valence-corrected chi connectivity index (χ0v) is 17.1. The van der Waals surface area contributed by atoms with Gasteiger partial charge in [-0.15, -0.1) is 0 Å². The topological polar surface area (TPSA) is 25.6 Å². The van der Waals surface area contributed by atoms with Crippen LogP contribution in [-0.4, -0.2) is 6.61 Å². The number of anilines is 3. The minimum atomic E-state index is 0.735. The first-order valence-electron chi connectivity index (χ1n) is 10.6. The molecule has 0 N–H and O–H groups in total. The molecule has 30 heavy (non-hydrogen) atoms. The van der Waals surface area contributed by atoms with Crippen molar-refractivity contribution in [2.24, 2.45) is 0 Å². The van der Waals surface area contributed by atoms with Gasteiger partial charge < -0.3 is 14.1 Å². The molecular formula is C27H27NO2. The van der Waals surface area contributed by atoms with Crippen molar-refractivity contribution in [3.8, 4) is 5.75 Å². The second-order valence-corrected chi connectivity index (χ2v) is 7.24. The maximum absolute atomic E-state index is 5.95. The highest BCUT2D eigenvalue weighted by molar-refractivity contribution is 5.76. The van der Waals surface area contributed by atoms with Crippen LogP contribution in [0.1, 0.15) is 25.0 Å². The largest absolute Gasteiger partial charge is 0.494 e. The number of furan rings is 1. The second kappa shape index (κ2) is 10.4. The Kier molecular flexibility index (Phi) is 6.85. The van der Waals surface area contributed by atoms with Crippen molar-refractivity contribution >= 4 is 17.1 Å². The van der Waals surface area contributed by atoms with Crippen molar-refractivity contribution in [1.29, 1.82) is 0 Å². The van der Waals surface area contributed by atoms with Crippen LogP contribution in [-0.2, 0) is 6.42 Å². The zero-order valence-electron chi connectivity index (χ0n) is 17.1. The van der Waals surface area contributed by atoms with Crippen molar-refractivity contribution in [1.82, 2.24) is 0 Å². The first kappa shape index (κ1) is 19.8. The molecule has 4 aromatic rings. The fourth-order valence-corrected chi connectivity index (χ4v) is 3.52. The molecule has 4 rings (SSSR count). The molecule has 0 unspecified atom stereocenters. The monoisotopic (exact) mass is 397 g/mol. The summed E-state index contributed by atoms with van der Waals surface area (Å²) in [6, 6.07) is 33.2. The minimum Gasteiger partial charge on any atom is -0.494 e. The van der Waals surface area contributed by atoms with Gasteiger partial charge >= 0.3 is 0 Å². The number of benzene rings is 3. The van der Waals surface area contributed by atoms with Gasteiger partial charge in [0.15, 0.2) is 0 Å². The van der Waals surface area contributed by atoms with Crippen LogP contribution in [0.15, 0.2) is 108 Å². The van der Waals surface area contributed by atoms with Crippen molar-refractivity contribution in [2.45, 2.75) is 25.7 Å². The van der Waals surface area contributed by atoms with E-state index in [9.17, 15) is 0 Å². The van der Waals surface area contributed by atoms with Crippen LogP contribution in [0.4, 0.5) is 17.1 Å². The Morgan fingerprint density at radius 2 is 1.23 bits per heavy atom. The lowest BCUT2D eigenvalue weighted by atomic mass is 10.1. The predicted octanol–water partition coefficient (Wildman–Crippen LogP) is 7.54. The lowest BCUT2D eigenvalue weighted by Gasteiger charge is -2.25. The zero-order chi connectivity index (χ0) is 20.4. The fraction of sp³-hybridized carbons (Fsp3) is 0.185. The van der Waals surface area contributed by atoms with E-state index in [4.69, 9.17) is 9.15 Å². The highest BCUT2D eigenvalue weighted by atomic mass is 16.5. The van der Waals surface area contributed by atoms with Crippen molar-refractivity contribution < 1.29 is 9.15 Å². The van der Waals surface area contributed by atoms with E-state index in [-0.39, 0.29) is 0 Å². The SMILES string of the molecule is c1ccc(N(c2ccccc2)c2ccc(OCCCCCc3ccco3)cc2)cc1. The summed E-state index contributed by atoms with van der Waals surface area (Å²) in [6.07, 6.45) is 6.03. The number of nitrogens with zero attached hydrogens (tertiary/aromatic N) is 1. The molecule has 0 saturated heterocycles. The van der Waals surface area contributed by atoms with Gasteiger partial charge in [-0.3, -0.25) is 0 Å². The normalized spacial score (nSPS) is 10.7. The molecule has 0 amide bonds. The molecule has 152 valence electrons. The van der Waals surface area contributed by atoms with E-state index >= 15 is 0 Å². The number of para-hydroxylation sites is 2. The number of unbranched alkanes of at least 4 members (excludes halogenated alkanes) is 2. The molecule has 1 aromatic heterocycles. The Morgan fingerprint density at radius 3 is 1.83 bits per heavy atom. The van der Waals surface area contributed by atoms with E-state index in [1.165, 1.54) is 0 Å². The molecular weight excluding hydrogens is 370 g/mol. The van der Waals surface area contributed by atoms with Crippen LogP contribution in [0.25, 0.3) is 0 Å². The number of rotatable bonds is 10. The van der Waals surface area contributed by atoms with Gasteiger partial charge in [0.05, 0.1) is 12.9 Å². The van der Waals surface area contributed by atoms with Crippen molar-refractivity contribution in [3.05, 3.63) is 109 Å². The summed E-state index contributed by atoms with van der Waals surface area (Å²) in [6.45, 7) is 0.735. The Balaban J connectivity index is 1.34. The van der Waals surface area contributed by atoms with E-state index in [1.54, 1.807) is 6.26 Å². The van der Waals surface area contributed by atoms with Crippen LogP contribution in [0.3, 0.4) is 0 Å². The molecule has 0 atom stereocenters. The third-order valence-corrected chi connectivity index (χ3v) is 5.04. The van der Waals surface area contributed by atoms with Crippen LogP contribution >= 0.6 is 0 Å². The molecule has 3 nitrogen and oxygen atoms in total. The Labute approximate surface area is 178 Å². The first-order valence-corrected chi connectivity index (χ1v) is 10.6. The summed E-state index contributed by atoms with van der Waals surface area (Å²) in [4.78, 5) is 2.25. The van der Waals surface area contributed by atoms with Gasteiger partial charge in [0.2, 0.25) is 0 Å². The van der Waals surface area contributed by atoms with Gasteiger partial charge in [-0.2, -0.15) is 0 Å². The van der Waals surface area contributed by atoms with Gasteiger partial charge in [0.1, 0.15) is 11.5 Å². The second-order valence-electron chi connectivity index (χ2n) is 7.24. The molecule has 1 heterocycles. The van der Waals surface area contributed by atoms with Gasteiger partial charge in [0, 0.05) is 23.5 Å². The molecule has 0 aliphatic carbocycles. The smallest absolute Gasteiger partial charge is 0.119 e. The average molecular weight is 398 g/mol. The average Bonchev–Trinajstić information content (AvgIpc) is 3.32. The highest BCUT2D eigenvalue weighted by Crippen LogP contribution is 2.34. The van der Waals surface area contributed by atoms with E-state index in [0.717, 1.165) is 60.9 Å². The van der Waals surface area contributed by atoms with E-state index in [2.05, 4.69) is 77.7 Å². The summed E-state index contributed by atoms with van der Waals surface area (Å²) in [7, 11) is 0. The standard InChI is InChI=1S/C27H27NO2/c1-4-11-23(12-5-1)28(24-13-6-2-7-14-24)25-17-19-27(20-18-25)29-21-9-3-8-15-26-16-10-22-30-26/h1-2,4-7,10-14,16-20,22H,3,8-9,15,21H2. The van der Waals surface area contributed by atoms with Crippen molar-refractivity contribution in [2.75, 3.05) is 11.5 Å². The molecule has 0 aliphatic heterocycles. The number of hydrogen-bond acceptors (Lipinski definition) is 3. The lowest BCUT2D eigenvalue weighted by Crippen LogP contribution is -2.09. The van der Waals surface area contributed by atoms with Gasteiger partial charge in [-0.1, -0.05) is 36.4 Å². The molecule has 3 heteroatoms. The molecule has 0 fully saturated rings. The summed E-state index contributed by atoms with van der Waals surface area (Å²) in [5.74, 6) is 1.97. The third-order valence-electron chi connectivity index (χ3n) is 5.04. The molecule has 3 aromatic carbocycles. The summed E-state index contributed by atoms with van der Waals surface area (Å²) in [5, 5.41) is 0. The maximum Gasteiger partial charge on any atom is 0.119 e. The third kappa shape index (κ3) is 5.32. The fourth-order valence-electron chi connectivity index (χ4n) is 3.52. The minimum absolute atomic E-state index is 0.735. The van der Waals surface area contributed by atoms with Crippen molar-refractivity contribution in [3.63, 3.8) is 0 Å². The number of ether oxygens (including phenoxy) is 1. The molecule has 0 bridgehead atoms. The van der Waals surface area contributed by atoms with Gasteiger partial charge in [0.25, 0.3) is 0 Å². The molecule has 0 saturated carbocycles. The van der Waals surface area contributed by atoms with Gasteiger partial charge in [-0.25, -0.2) is 0 Å². The van der Waals surface area contributed by atoms with E-state index in [0.29, 0.717) is 0 Å². The molecule has 0 radical (unpaired) electrons. The molecule has 0 aliphatic rings. The summed E-state index contributed by atoms with van der Waals surface area (Å²) in [5.41, 5.74) is 3.38. The van der Waals surface area contributed by atoms with Crippen LogP contribution in [0.5, 0.6) is 5.75 Å². The summed E-state index contributed by atoms with van der Waals surface area (Å²) >= 11 is 0. The highest BCUT2D eigenvalue weighted by Gasteiger charge is 2.11.